The second kappa shape index (κ2) is 37.1. The highest BCUT2D eigenvalue weighted by atomic mass is 16.6. The zero-order valence-corrected chi connectivity index (χ0v) is 32.0. The summed E-state index contributed by atoms with van der Waals surface area (Å²) in [6.07, 6.45) is 42.0. The number of hydrogen-bond acceptors (Lipinski definition) is 6. The monoisotopic (exact) mass is 689 g/mol. The van der Waals surface area contributed by atoms with Crippen LogP contribution in [-0.2, 0) is 19.1 Å². The van der Waals surface area contributed by atoms with E-state index in [1.54, 1.807) is 0 Å². The largest absolute Gasteiger partial charge is 0.463 e. The molecule has 2 atom stereocenters. The van der Waals surface area contributed by atoms with Crippen molar-refractivity contribution in [2.24, 2.45) is 5.92 Å². The normalized spacial score (nSPS) is 13.4. The van der Waals surface area contributed by atoms with Gasteiger partial charge in [0.25, 0.3) is 0 Å². The first-order valence-corrected chi connectivity index (χ1v) is 20.2. The number of unbranched alkanes of at least 4 members (excludes halogenated alkanes) is 17. The van der Waals surface area contributed by atoms with Crippen molar-refractivity contribution in [3.05, 3.63) is 48.6 Å². The molecule has 284 valence electrons. The summed E-state index contributed by atoms with van der Waals surface area (Å²) in [7, 11) is 0. The maximum absolute atomic E-state index is 12.0. The summed E-state index contributed by atoms with van der Waals surface area (Å²) in [4.78, 5) is 23.9. The Balaban J connectivity index is 3.58. The van der Waals surface area contributed by atoms with Crippen LogP contribution in [0.5, 0.6) is 0 Å². The minimum Gasteiger partial charge on any atom is -0.463 e. The summed E-state index contributed by atoms with van der Waals surface area (Å²) in [5.41, 5.74) is 0. The molecule has 0 aromatic heterocycles. The van der Waals surface area contributed by atoms with Gasteiger partial charge in [-0.3, -0.25) is 9.59 Å². The van der Waals surface area contributed by atoms with Crippen molar-refractivity contribution >= 4 is 11.9 Å². The van der Waals surface area contributed by atoms with Crippen molar-refractivity contribution < 1.29 is 29.3 Å². The fraction of sp³-hybridized carbons (Fsp3) is 0.767. The Morgan fingerprint density at radius 3 is 1.65 bits per heavy atom. The van der Waals surface area contributed by atoms with Gasteiger partial charge in [-0.15, -0.1) is 0 Å². The van der Waals surface area contributed by atoms with Crippen LogP contribution >= 0.6 is 0 Å². The number of allylic oxidation sites excluding steroid dienone is 6. The number of ether oxygens (including phenoxy) is 2. The van der Waals surface area contributed by atoms with Gasteiger partial charge in [0.1, 0.15) is 19.3 Å². The minimum atomic E-state index is -1.00. The first-order chi connectivity index (χ1) is 23.8. The second-order valence-corrected chi connectivity index (χ2v) is 14.1. The number of carbonyl (C=O) groups is 2. The van der Waals surface area contributed by atoms with Crippen LogP contribution < -0.4 is 0 Å². The zero-order chi connectivity index (χ0) is 36.0. The van der Waals surface area contributed by atoms with Crippen molar-refractivity contribution in [1.82, 2.24) is 0 Å². The molecule has 0 unspecified atom stereocenters. The van der Waals surface area contributed by atoms with E-state index in [0.29, 0.717) is 19.3 Å². The summed E-state index contributed by atoms with van der Waals surface area (Å²) in [5, 5.41) is 20.0. The lowest BCUT2D eigenvalue weighted by Crippen LogP contribution is -2.25. The summed E-state index contributed by atoms with van der Waals surface area (Å²) in [6.45, 7) is 6.50. The van der Waals surface area contributed by atoms with Gasteiger partial charge in [0.05, 0.1) is 6.10 Å². The van der Waals surface area contributed by atoms with Crippen LogP contribution in [0.25, 0.3) is 0 Å². The van der Waals surface area contributed by atoms with Crippen molar-refractivity contribution in [3.8, 4) is 0 Å². The number of hydrogen-bond donors (Lipinski definition) is 2. The average molecular weight is 689 g/mol. The quantitative estimate of drug-likeness (QED) is 0.0298. The fourth-order valence-electron chi connectivity index (χ4n) is 5.46. The van der Waals surface area contributed by atoms with Crippen LogP contribution in [0.15, 0.2) is 48.6 Å². The molecular weight excluding hydrogens is 612 g/mol. The highest BCUT2D eigenvalue weighted by Gasteiger charge is 2.12. The SMILES string of the molecule is CCCCC/C=C\C=C/[C@@H](O)C/C=C\C/C=C/CCCC(=O)OC[C@@H](O)COC(=O)CCCCCCCCCCCCCCCCC(C)C. The van der Waals surface area contributed by atoms with E-state index in [1.165, 1.54) is 96.3 Å². The Hall–Kier alpha value is -2.18. The third-order valence-corrected chi connectivity index (χ3v) is 8.58. The van der Waals surface area contributed by atoms with E-state index in [9.17, 15) is 19.8 Å². The summed E-state index contributed by atoms with van der Waals surface area (Å²) < 4.78 is 10.3. The lowest BCUT2D eigenvalue weighted by molar-refractivity contribution is -0.152. The van der Waals surface area contributed by atoms with Gasteiger partial charge in [-0.2, -0.15) is 0 Å². The topological polar surface area (TPSA) is 93.1 Å². The molecule has 0 saturated carbocycles. The Morgan fingerprint density at radius 2 is 1.08 bits per heavy atom. The molecule has 2 N–H and O–H groups in total. The maximum atomic E-state index is 12.0. The van der Waals surface area contributed by atoms with Gasteiger partial charge < -0.3 is 19.7 Å². The molecule has 49 heavy (non-hydrogen) atoms. The third kappa shape index (κ3) is 38.5. The molecule has 0 aliphatic rings. The van der Waals surface area contributed by atoms with Gasteiger partial charge in [0.2, 0.25) is 0 Å². The molecule has 0 spiro atoms. The lowest BCUT2D eigenvalue weighted by Gasteiger charge is -2.12. The lowest BCUT2D eigenvalue weighted by atomic mass is 10.0. The molecule has 6 nitrogen and oxygen atoms in total. The summed E-state index contributed by atoms with van der Waals surface area (Å²) >= 11 is 0. The van der Waals surface area contributed by atoms with Crippen LogP contribution in [0, 0.1) is 5.92 Å². The highest BCUT2D eigenvalue weighted by molar-refractivity contribution is 5.69. The first kappa shape index (κ1) is 46.8. The van der Waals surface area contributed by atoms with Crippen LogP contribution in [0.1, 0.15) is 181 Å². The zero-order valence-electron chi connectivity index (χ0n) is 32.0. The van der Waals surface area contributed by atoms with Gasteiger partial charge >= 0.3 is 11.9 Å². The molecule has 0 aromatic carbocycles. The molecule has 0 aliphatic heterocycles. The molecule has 0 radical (unpaired) electrons. The molecule has 0 fully saturated rings. The minimum absolute atomic E-state index is 0.149. The number of aliphatic hydroxyl groups excluding tert-OH is 2. The number of rotatable bonds is 35. The molecule has 0 saturated heterocycles. The summed E-state index contributed by atoms with van der Waals surface area (Å²) in [6, 6.07) is 0. The van der Waals surface area contributed by atoms with E-state index < -0.39 is 12.2 Å². The average Bonchev–Trinajstić information content (AvgIpc) is 3.08. The van der Waals surface area contributed by atoms with E-state index in [-0.39, 0.29) is 31.6 Å². The van der Waals surface area contributed by atoms with Crippen LogP contribution in [0.4, 0.5) is 0 Å². The predicted molar refractivity (Wildman–Crippen MR) is 206 cm³/mol. The second-order valence-electron chi connectivity index (χ2n) is 14.1. The van der Waals surface area contributed by atoms with Crippen molar-refractivity contribution in [2.75, 3.05) is 13.2 Å². The van der Waals surface area contributed by atoms with Gasteiger partial charge in [-0.05, 0) is 50.9 Å². The molecule has 0 aliphatic carbocycles. The maximum Gasteiger partial charge on any atom is 0.305 e. The standard InChI is InChI=1S/C43H76O6/c1-4-5-6-7-17-23-28-33-40(44)34-29-24-19-16-21-26-31-36-43(47)49-38-41(45)37-48-42(46)35-30-25-20-15-13-11-9-8-10-12-14-18-22-27-32-39(2)3/h16-17,21,23-24,28-29,33,39-41,44-45H,4-15,18-20,22,25-27,30-32,34-38H2,1-3H3/b21-16+,23-17-,29-24-,33-28-/t40-,41+/m1/s1. The molecular formula is C43H76O6. The molecule has 6 heteroatoms. The highest BCUT2D eigenvalue weighted by Crippen LogP contribution is 2.15. The van der Waals surface area contributed by atoms with E-state index in [2.05, 4.69) is 26.8 Å². The van der Waals surface area contributed by atoms with Crippen LogP contribution in [0.2, 0.25) is 0 Å². The van der Waals surface area contributed by atoms with Gasteiger partial charge in [0, 0.05) is 12.8 Å². The van der Waals surface area contributed by atoms with Crippen molar-refractivity contribution in [3.63, 3.8) is 0 Å². The Kier molecular flexibility index (Phi) is 35.4. The van der Waals surface area contributed by atoms with Crippen LogP contribution in [-0.4, -0.2) is 47.6 Å². The Morgan fingerprint density at radius 1 is 0.571 bits per heavy atom. The molecule has 0 aromatic rings. The number of esters is 2. The van der Waals surface area contributed by atoms with Crippen LogP contribution in [0.3, 0.4) is 0 Å². The summed E-state index contributed by atoms with van der Waals surface area (Å²) in [5.74, 6) is 0.178. The molecule has 0 amide bonds. The Labute approximate surface area is 301 Å². The third-order valence-electron chi connectivity index (χ3n) is 8.58. The molecule has 0 rings (SSSR count). The number of aliphatic hydroxyl groups is 2. The van der Waals surface area contributed by atoms with E-state index >= 15 is 0 Å². The molecule has 0 bridgehead atoms. The van der Waals surface area contributed by atoms with Crippen molar-refractivity contribution in [1.29, 1.82) is 0 Å². The number of carbonyl (C=O) groups excluding carboxylic acids is 2. The fourth-order valence-corrected chi connectivity index (χ4v) is 5.46. The van der Waals surface area contributed by atoms with E-state index in [4.69, 9.17) is 9.47 Å². The van der Waals surface area contributed by atoms with Gasteiger partial charge in [-0.1, -0.05) is 172 Å². The Bertz CT molecular complexity index is 858. The molecule has 0 heterocycles. The van der Waals surface area contributed by atoms with E-state index in [0.717, 1.165) is 44.4 Å². The van der Waals surface area contributed by atoms with Crippen molar-refractivity contribution in [2.45, 2.75) is 193 Å². The van der Waals surface area contributed by atoms with E-state index in [1.807, 2.05) is 42.5 Å². The van der Waals surface area contributed by atoms with Gasteiger partial charge in [0.15, 0.2) is 0 Å². The predicted octanol–water partition coefficient (Wildman–Crippen LogP) is 11.4. The smallest absolute Gasteiger partial charge is 0.305 e. The first-order valence-electron chi connectivity index (χ1n) is 20.2. The van der Waals surface area contributed by atoms with Gasteiger partial charge in [-0.25, -0.2) is 0 Å².